The highest BCUT2D eigenvalue weighted by molar-refractivity contribution is 8.00. The van der Waals surface area contributed by atoms with E-state index in [-0.39, 0.29) is 0 Å². The summed E-state index contributed by atoms with van der Waals surface area (Å²) in [5.74, 6) is 1.32. The maximum atomic E-state index is 3.77. The Morgan fingerprint density at radius 1 is 1.20 bits per heavy atom. The van der Waals surface area contributed by atoms with Gasteiger partial charge in [-0.1, -0.05) is 43.3 Å². The first-order chi connectivity index (χ1) is 9.88. The van der Waals surface area contributed by atoms with Gasteiger partial charge < -0.3 is 5.32 Å². The molecule has 1 aliphatic rings. The van der Waals surface area contributed by atoms with Crippen LogP contribution in [-0.2, 0) is 0 Å². The minimum atomic E-state index is 0.507. The molecule has 0 bridgehead atoms. The summed E-state index contributed by atoms with van der Waals surface area (Å²) in [5, 5.41) is 7.21. The minimum Gasteiger partial charge on any atom is -0.309 e. The molecule has 2 heteroatoms. The van der Waals surface area contributed by atoms with Crippen LogP contribution in [0.25, 0.3) is 10.8 Å². The number of fused-ring (bicyclic) bond motifs is 1. The van der Waals surface area contributed by atoms with E-state index in [2.05, 4.69) is 66.5 Å². The predicted octanol–water partition coefficient (Wildman–Crippen LogP) is 4.78. The van der Waals surface area contributed by atoms with Crippen LogP contribution in [0.5, 0.6) is 0 Å². The summed E-state index contributed by atoms with van der Waals surface area (Å²) in [4.78, 5) is 0. The van der Waals surface area contributed by atoms with E-state index >= 15 is 0 Å². The molecule has 2 aromatic rings. The second-order valence-corrected chi connectivity index (χ2v) is 6.94. The molecule has 0 spiro atoms. The monoisotopic (exact) mass is 285 g/mol. The Hall–Kier alpha value is -0.990. The highest BCUT2D eigenvalue weighted by Crippen LogP contribution is 2.36. The summed E-state index contributed by atoms with van der Waals surface area (Å²) in [6.45, 7) is 3.35. The fourth-order valence-electron chi connectivity index (χ4n) is 3.03. The highest BCUT2D eigenvalue weighted by Gasteiger charge is 2.26. The average molecular weight is 285 g/mol. The van der Waals surface area contributed by atoms with Crippen molar-refractivity contribution in [1.82, 2.24) is 5.32 Å². The first kappa shape index (κ1) is 14.0. The molecule has 0 aromatic heterocycles. The molecule has 0 radical (unpaired) electrons. The van der Waals surface area contributed by atoms with Gasteiger partial charge in [-0.25, -0.2) is 0 Å². The van der Waals surface area contributed by atoms with Crippen LogP contribution in [-0.4, -0.2) is 17.5 Å². The lowest BCUT2D eigenvalue weighted by molar-refractivity contribution is 0.504. The van der Waals surface area contributed by atoms with E-state index in [4.69, 9.17) is 0 Å². The Kier molecular flexibility index (Phi) is 4.64. The van der Waals surface area contributed by atoms with Crippen LogP contribution in [0, 0.1) is 0 Å². The lowest BCUT2D eigenvalue weighted by Gasteiger charge is -2.25. The molecule has 3 rings (SSSR count). The van der Waals surface area contributed by atoms with Crippen molar-refractivity contribution >= 4 is 22.5 Å². The average Bonchev–Trinajstić information content (AvgIpc) is 3.02. The van der Waals surface area contributed by atoms with Crippen molar-refractivity contribution in [3.05, 3.63) is 48.0 Å². The highest BCUT2D eigenvalue weighted by atomic mass is 32.2. The van der Waals surface area contributed by atoms with Crippen LogP contribution in [0.3, 0.4) is 0 Å². The molecular weight excluding hydrogens is 262 g/mol. The summed E-state index contributed by atoms with van der Waals surface area (Å²) in [7, 11) is 0. The van der Waals surface area contributed by atoms with Crippen LogP contribution in [0.4, 0.5) is 0 Å². The summed E-state index contributed by atoms with van der Waals surface area (Å²) in [5.41, 5.74) is 1.46. The van der Waals surface area contributed by atoms with Crippen LogP contribution in [0.1, 0.15) is 37.8 Å². The van der Waals surface area contributed by atoms with Crippen LogP contribution < -0.4 is 5.32 Å². The molecule has 1 heterocycles. The molecule has 1 saturated heterocycles. The molecule has 2 atom stereocenters. The summed E-state index contributed by atoms with van der Waals surface area (Å²) >= 11 is 2.14. The smallest absolute Gasteiger partial charge is 0.0440 e. The van der Waals surface area contributed by atoms with Gasteiger partial charge in [0, 0.05) is 11.3 Å². The lowest BCUT2D eigenvalue weighted by Crippen LogP contribution is -2.29. The number of hydrogen-bond acceptors (Lipinski definition) is 2. The predicted molar refractivity (Wildman–Crippen MR) is 90.5 cm³/mol. The van der Waals surface area contributed by atoms with Crippen molar-refractivity contribution in [3.63, 3.8) is 0 Å². The van der Waals surface area contributed by atoms with Gasteiger partial charge in [-0.3, -0.25) is 0 Å². The third-order valence-corrected chi connectivity index (χ3v) is 5.54. The molecule has 0 amide bonds. The van der Waals surface area contributed by atoms with Gasteiger partial charge in [-0.2, -0.15) is 11.8 Å². The number of rotatable bonds is 5. The second-order valence-electron chi connectivity index (χ2n) is 5.59. The molecule has 1 N–H and O–H groups in total. The summed E-state index contributed by atoms with van der Waals surface area (Å²) in [6, 6.07) is 16.1. The number of benzene rings is 2. The van der Waals surface area contributed by atoms with E-state index < -0.39 is 0 Å². The number of hydrogen-bond donors (Lipinski definition) is 1. The topological polar surface area (TPSA) is 12.0 Å². The molecule has 2 aromatic carbocycles. The van der Waals surface area contributed by atoms with E-state index in [1.54, 1.807) is 0 Å². The Labute approximate surface area is 126 Å². The fourth-order valence-corrected chi connectivity index (χ4v) is 4.45. The zero-order valence-electron chi connectivity index (χ0n) is 12.1. The Balaban J connectivity index is 1.90. The largest absolute Gasteiger partial charge is 0.309 e. The molecule has 1 fully saturated rings. The maximum Gasteiger partial charge on any atom is 0.0440 e. The fraction of sp³-hybridized carbons (Fsp3) is 0.444. The maximum absolute atomic E-state index is 3.77. The van der Waals surface area contributed by atoms with E-state index in [0.717, 1.165) is 11.8 Å². The van der Waals surface area contributed by atoms with Crippen molar-refractivity contribution < 1.29 is 0 Å². The molecule has 1 aliphatic heterocycles. The molecule has 0 aliphatic carbocycles. The molecule has 2 unspecified atom stereocenters. The minimum absolute atomic E-state index is 0.507. The van der Waals surface area contributed by atoms with Crippen molar-refractivity contribution in [2.75, 3.05) is 12.3 Å². The quantitative estimate of drug-likeness (QED) is 0.848. The van der Waals surface area contributed by atoms with Gasteiger partial charge in [0.05, 0.1) is 0 Å². The third-order valence-electron chi connectivity index (χ3n) is 4.08. The molecular formula is C18H23NS. The molecule has 1 nitrogen and oxygen atoms in total. The molecule has 106 valence electrons. The second kappa shape index (κ2) is 6.64. The van der Waals surface area contributed by atoms with Crippen LogP contribution in [0.15, 0.2) is 42.5 Å². The number of thioether (sulfide) groups is 1. The molecule has 20 heavy (non-hydrogen) atoms. The van der Waals surface area contributed by atoms with Gasteiger partial charge in [-0.05, 0) is 54.0 Å². The van der Waals surface area contributed by atoms with E-state index in [1.807, 2.05) is 0 Å². The van der Waals surface area contributed by atoms with Gasteiger partial charge in [0.15, 0.2) is 0 Å². The zero-order chi connectivity index (χ0) is 13.8. The van der Waals surface area contributed by atoms with Crippen LogP contribution >= 0.6 is 11.8 Å². The first-order valence-corrected chi connectivity index (χ1v) is 8.77. The number of nitrogens with one attached hydrogen (secondary N) is 1. The Morgan fingerprint density at radius 2 is 2.05 bits per heavy atom. The molecule has 0 saturated carbocycles. The van der Waals surface area contributed by atoms with Gasteiger partial charge in [0.1, 0.15) is 0 Å². The first-order valence-electron chi connectivity index (χ1n) is 7.72. The van der Waals surface area contributed by atoms with E-state index in [0.29, 0.717) is 6.04 Å². The zero-order valence-corrected chi connectivity index (χ0v) is 13.0. The van der Waals surface area contributed by atoms with Gasteiger partial charge in [-0.15, -0.1) is 0 Å². The van der Waals surface area contributed by atoms with Crippen LogP contribution in [0.2, 0.25) is 0 Å². The van der Waals surface area contributed by atoms with Crippen molar-refractivity contribution in [2.24, 2.45) is 0 Å². The van der Waals surface area contributed by atoms with Gasteiger partial charge in [0.2, 0.25) is 0 Å². The third kappa shape index (κ3) is 3.02. The lowest BCUT2D eigenvalue weighted by atomic mass is 9.97. The van der Waals surface area contributed by atoms with Crippen molar-refractivity contribution in [2.45, 2.75) is 37.5 Å². The normalized spacial score (nSPS) is 20.4. The van der Waals surface area contributed by atoms with Gasteiger partial charge in [0.25, 0.3) is 0 Å². The summed E-state index contributed by atoms with van der Waals surface area (Å²) in [6.07, 6.45) is 3.91. The Bertz CT molecular complexity index is 560. The van der Waals surface area contributed by atoms with E-state index in [1.165, 1.54) is 41.4 Å². The summed E-state index contributed by atoms with van der Waals surface area (Å²) < 4.78 is 0. The SMILES string of the molecule is CCCNC(c1ccc2ccccc2c1)C1CCCS1. The van der Waals surface area contributed by atoms with Crippen molar-refractivity contribution in [1.29, 1.82) is 0 Å². The van der Waals surface area contributed by atoms with Crippen molar-refractivity contribution in [3.8, 4) is 0 Å². The Morgan fingerprint density at radius 3 is 2.80 bits per heavy atom. The van der Waals surface area contributed by atoms with E-state index in [9.17, 15) is 0 Å². The standard InChI is InChI=1S/C18H23NS/c1-2-11-19-18(17-8-5-12-20-17)16-10-9-14-6-3-4-7-15(14)13-16/h3-4,6-7,9-10,13,17-19H,2,5,8,11-12H2,1H3. The van der Waals surface area contributed by atoms with Gasteiger partial charge >= 0.3 is 0 Å².